The normalized spacial score (nSPS) is 16.8. The van der Waals surface area contributed by atoms with Gasteiger partial charge in [-0.05, 0) is 0 Å². The minimum atomic E-state index is -2.10. The Kier molecular flexibility index (Phi) is 5.75. The maximum atomic E-state index is 11.7. The van der Waals surface area contributed by atoms with Gasteiger partial charge in [-0.15, -0.1) is 0 Å². The summed E-state index contributed by atoms with van der Waals surface area (Å²) < 4.78 is 0. The number of amides is 1. The van der Waals surface area contributed by atoms with Gasteiger partial charge >= 0.3 is 0 Å². The Morgan fingerprint density at radius 3 is 2.38 bits per heavy atom. The van der Waals surface area contributed by atoms with Gasteiger partial charge in [0.25, 0.3) is 5.91 Å². The first-order valence-electron chi connectivity index (χ1n) is 5.79. The predicted octanol–water partition coefficient (Wildman–Crippen LogP) is -3.98. The van der Waals surface area contributed by atoms with E-state index in [1.54, 1.807) is 0 Å². The highest BCUT2D eigenvalue weighted by Crippen LogP contribution is 2.19. The molecule has 0 aliphatic heterocycles. The third kappa shape index (κ3) is 3.96. The summed E-state index contributed by atoms with van der Waals surface area (Å²) >= 11 is 0. The maximum absolute atomic E-state index is 11.7. The van der Waals surface area contributed by atoms with E-state index in [0.29, 0.717) is 0 Å². The fourth-order valence-electron chi connectivity index (χ4n) is 1.38. The average Bonchev–Trinajstić information content (AvgIpc) is 2.48. The summed E-state index contributed by atoms with van der Waals surface area (Å²) in [6.45, 7) is -0.859. The number of aromatic nitrogens is 2. The molecule has 0 saturated heterocycles. The fraction of sp³-hybridized carbons (Fsp3) is 0.500. The summed E-state index contributed by atoms with van der Waals surface area (Å²) in [7, 11) is 0. The third-order valence-corrected chi connectivity index (χ3v) is 2.68. The molecule has 1 rings (SSSR count). The maximum Gasteiger partial charge on any atom is 0.257 e. The Labute approximate surface area is 118 Å². The van der Waals surface area contributed by atoms with Gasteiger partial charge in [0.15, 0.2) is 17.7 Å². The summed E-state index contributed by atoms with van der Waals surface area (Å²) in [4.78, 5) is 18.9. The van der Waals surface area contributed by atoms with Crippen LogP contribution < -0.4 is 16.8 Å². The van der Waals surface area contributed by atoms with E-state index in [9.17, 15) is 20.1 Å². The van der Waals surface area contributed by atoms with Gasteiger partial charge in [-0.2, -0.15) is 0 Å². The molecular formula is C10H17N5O6. The molecule has 0 spiro atoms. The molecule has 1 heterocycles. The van der Waals surface area contributed by atoms with E-state index in [2.05, 4.69) is 15.3 Å². The first kappa shape index (κ1) is 17.0. The van der Waals surface area contributed by atoms with E-state index >= 15 is 0 Å². The summed E-state index contributed by atoms with van der Waals surface area (Å²) in [6.07, 6.45) is -6.76. The number of nitrogens with two attached hydrogens (primary N) is 2. The summed E-state index contributed by atoms with van der Waals surface area (Å²) in [5.74, 6) is -1.42. The minimum Gasteiger partial charge on any atom is -0.394 e. The van der Waals surface area contributed by atoms with Crippen molar-refractivity contribution in [1.82, 2.24) is 9.97 Å². The first-order chi connectivity index (χ1) is 9.79. The molecule has 11 heteroatoms. The highest BCUT2D eigenvalue weighted by Gasteiger charge is 2.34. The molecule has 11 nitrogen and oxygen atoms in total. The lowest BCUT2D eigenvalue weighted by atomic mass is 10.0. The molecule has 21 heavy (non-hydrogen) atoms. The molecule has 0 saturated carbocycles. The molecule has 0 radical (unpaired) electrons. The fourth-order valence-corrected chi connectivity index (χ4v) is 1.38. The number of hydrogen-bond acceptors (Lipinski definition) is 10. The molecule has 10 N–H and O–H groups in total. The van der Waals surface area contributed by atoms with Crippen molar-refractivity contribution in [2.45, 2.75) is 24.4 Å². The lowest BCUT2D eigenvalue weighted by Crippen LogP contribution is -2.50. The van der Waals surface area contributed by atoms with Gasteiger partial charge in [-0.1, -0.05) is 0 Å². The van der Waals surface area contributed by atoms with Gasteiger partial charge in [0.1, 0.15) is 30.3 Å². The van der Waals surface area contributed by atoms with Crippen molar-refractivity contribution in [3.05, 3.63) is 6.33 Å². The van der Waals surface area contributed by atoms with E-state index in [0.717, 1.165) is 6.33 Å². The van der Waals surface area contributed by atoms with E-state index in [1.165, 1.54) is 0 Å². The molecule has 4 unspecified atom stereocenters. The van der Waals surface area contributed by atoms with Crippen molar-refractivity contribution < 1.29 is 30.3 Å². The zero-order valence-corrected chi connectivity index (χ0v) is 10.8. The van der Waals surface area contributed by atoms with Gasteiger partial charge < -0.3 is 42.3 Å². The van der Waals surface area contributed by atoms with Crippen LogP contribution in [0.25, 0.3) is 0 Å². The Balaban J connectivity index is 2.77. The molecule has 1 amide bonds. The molecule has 1 aromatic heterocycles. The number of anilines is 3. The summed E-state index contributed by atoms with van der Waals surface area (Å²) in [6, 6.07) is 0. The third-order valence-electron chi connectivity index (χ3n) is 2.68. The molecular weight excluding hydrogens is 286 g/mol. The number of nitrogens with one attached hydrogen (secondary N) is 1. The Bertz CT molecular complexity index is 501. The monoisotopic (exact) mass is 303 g/mol. The van der Waals surface area contributed by atoms with Crippen molar-refractivity contribution >= 4 is 23.2 Å². The summed E-state index contributed by atoms with van der Waals surface area (Å²) in [5.41, 5.74) is 10.8. The predicted molar refractivity (Wildman–Crippen MR) is 70.6 cm³/mol. The second kappa shape index (κ2) is 7.10. The average molecular weight is 303 g/mol. The number of rotatable bonds is 6. The van der Waals surface area contributed by atoms with Gasteiger partial charge in [-0.25, -0.2) is 9.97 Å². The smallest absolute Gasteiger partial charge is 0.257 e. The van der Waals surface area contributed by atoms with Crippen LogP contribution >= 0.6 is 0 Å². The van der Waals surface area contributed by atoms with Crippen LogP contribution in [-0.2, 0) is 4.79 Å². The molecule has 0 fully saturated rings. The van der Waals surface area contributed by atoms with E-state index in [4.69, 9.17) is 21.7 Å². The standard InChI is InChI=1S/C10H17N5O6/c11-4-8(12)13-2-14-9(4)15-10(21)7(20)6(19)5(18)3(17)1-16/h2-3,5-7,16-20H,1,11H2,(H3,12,13,14,15,21). The number of carbonyl (C=O) groups excluding carboxylic acids is 1. The molecule has 0 bridgehead atoms. The summed E-state index contributed by atoms with van der Waals surface area (Å²) in [5, 5.41) is 48.4. The van der Waals surface area contributed by atoms with Crippen LogP contribution in [0, 0.1) is 0 Å². The second-order valence-electron chi connectivity index (χ2n) is 4.19. The van der Waals surface area contributed by atoms with Gasteiger partial charge in [0.2, 0.25) is 0 Å². The van der Waals surface area contributed by atoms with Crippen LogP contribution in [0.4, 0.5) is 17.3 Å². The number of nitrogen functional groups attached to an aromatic ring is 2. The van der Waals surface area contributed by atoms with E-state index in [1.807, 2.05) is 0 Å². The molecule has 0 aromatic carbocycles. The van der Waals surface area contributed by atoms with Crippen molar-refractivity contribution in [1.29, 1.82) is 0 Å². The highest BCUT2D eigenvalue weighted by atomic mass is 16.4. The van der Waals surface area contributed by atoms with Gasteiger partial charge in [0.05, 0.1) is 6.61 Å². The van der Waals surface area contributed by atoms with Crippen LogP contribution in [0.2, 0.25) is 0 Å². The van der Waals surface area contributed by atoms with Crippen molar-refractivity contribution in [2.24, 2.45) is 0 Å². The molecule has 4 atom stereocenters. The Morgan fingerprint density at radius 2 is 1.81 bits per heavy atom. The molecule has 0 aliphatic carbocycles. The molecule has 0 aliphatic rings. The van der Waals surface area contributed by atoms with E-state index in [-0.39, 0.29) is 17.3 Å². The number of hydrogen-bond donors (Lipinski definition) is 8. The Hall–Kier alpha value is -2.05. The largest absolute Gasteiger partial charge is 0.394 e. The minimum absolute atomic E-state index is 0.0916. The van der Waals surface area contributed by atoms with Crippen LogP contribution in [0.3, 0.4) is 0 Å². The molecule has 1 aromatic rings. The van der Waals surface area contributed by atoms with Gasteiger partial charge in [-0.3, -0.25) is 4.79 Å². The SMILES string of the molecule is Nc1ncnc(NC(=O)C(O)C(O)C(O)C(O)CO)c1N. The number of aliphatic hydroxyl groups is 5. The topological polar surface area (TPSA) is 208 Å². The van der Waals surface area contributed by atoms with Crippen LogP contribution in [0.15, 0.2) is 6.33 Å². The first-order valence-corrected chi connectivity index (χ1v) is 5.79. The van der Waals surface area contributed by atoms with Crippen LogP contribution in [0.5, 0.6) is 0 Å². The number of aliphatic hydroxyl groups excluding tert-OH is 5. The quantitative estimate of drug-likeness (QED) is 0.255. The van der Waals surface area contributed by atoms with Crippen LogP contribution in [-0.4, -0.2) is 72.4 Å². The van der Waals surface area contributed by atoms with E-state index < -0.39 is 36.9 Å². The van der Waals surface area contributed by atoms with Crippen molar-refractivity contribution in [2.75, 3.05) is 23.4 Å². The number of carbonyl (C=O) groups is 1. The lowest BCUT2D eigenvalue weighted by molar-refractivity contribution is -0.144. The number of nitrogens with zero attached hydrogens (tertiary/aromatic N) is 2. The highest BCUT2D eigenvalue weighted by molar-refractivity contribution is 5.96. The lowest BCUT2D eigenvalue weighted by Gasteiger charge is -2.24. The van der Waals surface area contributed by atoms with Crippen molar-refractivity contribution in [3.63, 3.8) is 0 Å². The Morgan fingerprint density at radius 1 is 1.19 bits per heavy atom. The van der Waals surface area contributed by atoms with Crippen LogP contribution in [0.1, 0.15) is 0 Å². The molecule has 118 valence electrons. The van der Waals surface area contributed by atoms with Gasteiger partial charge in [0, 0.05) is 0 Å². The second-order valence-corrected chi connectivity index (χ2v) is 4.19. The van der Waals surface area contributed by atoms with Crippen molar-refractivity contribution in [3.8, 4) is 0 Å². The zero-order valence-electron chi connectivity index (χ0n) is 10.8. The zero-order chi connectivity index (χ0) is 16.2.